The number of hydrogen-bond donors (Lipinski definition) is 3. The van der Waals surface area contributed by atoms with Gasteiger partial charge in [0.15, 0.2) is 11.6 Å². The van der Waals surface area contributed by atoms with Crippen LogP contribution in [0.25, 0.3) is 11.0 Å². The lowest BCUT2D eigenvalue weighted by Crippen LogP contribution is -2.23. The summed E-state index contributed by atoms with van der Waals surface area (Å²) in [5.74, 6) is 1.64. The summed E-state index contributed by atoms with van der Waals surface area (Å²) < 4.78 is 0. The molecule has 1 aromatic carbocycles. The molecule has 19 heavy (non-hydrogen) atoms. The van der Waals surface area contributed by atoms with Crippen LogP contribution in [0.2, 0.25) is 0 Å². The Hall–Kier alpha value is -1.59. The topological polar surface area (TPSA) is 61.9 Å². The minimum Gasteiger partial charge on any atom is -0.370 e. The second-order valence-corrected chi connectivity index (χ2v) is 4.49. The van der Waals surface area contributed by atoms with Crippen LogP contribution in [0.3, 0.4) is 0 Å². The van der Waals surface area contributed by atoms with Gasteiger partial charge in [-0.2, -0.15) is 0 Å². The van der Waals surface area contributed by atoms with Gasteiger partial charge < -0.3 is 16.0 Å². The summed E-state index contributed by atoms with van der Waals surface area (Å²) in [5.41, 5.74) is 1.84. The number of halogens is 1. The van der Waals surface area contributed by atoms with Crippen molar-refractivity contribution in [3.8, 4) is 0 Å². The third-order valence-electron chi connectivity index (χ3n) is 3.21. The summed E-state index contributed by atoms with van der Waals surface area (Å²) in [6.07, 6.45) is 1.12. The smallest absolute Gasteiger partial charge is 0.170 e. The van der Waals surface area contributed by atoms with Gasteiger partial charge in [0.2, 0.25) is 0 Å². The van der Waals surface area contributed by atoms with Crippen LogP contribution < -0.4 is 16.0 Å². The van der Waals surface area contributed by atoms with Gasteiger partial charge in [-0.1, -0.05) is 12.1 Å². The van der Waals surface area contributed by atoms with E-state index in [-0.39, 0.29) is 12.4 Å². The first kappa shape index (κ1) is 13.8. The average molecular weight is 280 g/mol. The molecule has 0 amide bonds. The lowest BCUT2D eigenvalue weighted by atomic mass is 10.2. The Balaban J connectivity index is 0.00000133. The standard InChI is InChI=1S/C13H17N5.ClH/c1-14-12-13(16-9-6-7-15-8-9)18-11-5-3-2-4-10(11)17-12;/h2-5,9,15H,6-8H2,1H3,(H,14,17)(H,16,18);1H/t9-;/m0./s1. The van der Waals surface area contributed by atoms with Gasteiger partial charge in [-0.15, -0.1) is 12.4 Å². The van der Waals surface area contributed by atoms with Gasteiger partial charge in [-0.05, 0) is 25.1 Å². The fourth-order valence-electron chi connectivity index (χ4n) is 2.25. The van der Waals surface area contributed by atoms with E-state index in [2.05, 4.69) is 25.9 Å². The number of fused-ring (bicyclic) bond motifs is 1. The fourth-order valence-corrected chi connectivity index (χ4v) is 2.25. The van der Waals surface area contributed by atoms with E-state index < -0.39 is 0 Å². The molecule has 0 unspecified atom stereocenters. The lowest BCUT2D eigenvalue weighted by molar-refractivity contribution is 0.788. The van der Waals surface area contributed by atoms with Crippen LogP contribution in [0, 0.1) is 0 Å². The molecule has 102 valence electrons. The van der Waals surface area contributed by atoms with Crippen LogP contribution in [-0.2, 0) is 0 Å². The molecule has 1 aromatic heterocycles. The van der Waals surface area contributed by atoms with Crippen molar-refractivity contribution in [2.45, 2.75) is 12.5 Å². The maximum Gasteiger partial charge on any atom is 0.170 e. The number of nitrogens with zero attached hydrogens (tertiary/aromatic N) is 2. The summed E-state index contributed by atoms with van der Waals surface area (Å²) in [6.45, 7) is 2.05. The zero-order valence-electron chi connectivity index (χ0n) is 10.8. The molecule has 1 fully saturated rings. The predicted octanol–water partition coefficient (Wildman–Crippen LogP) is 1.87. The monoisotopic (exact) mass is 279 g/mol. The van der Waals surface area contributed by atoms with E-state index in [9.17, 15) is 0 Å². The molecule has 0 bridgehead atoms. The number of para-hydroxylation sites is 2. The van der Waals surface area contributed by atoms with Crippen molar-refractivity contribution in [3.05, 3.63) is 24.3 Å². The second kappa shape index (κ2) is 6.04. The van der Waals surface area contributed by atoms with Crippen molar-refractivity contribution < 1.29 is 0 Å². The van der Waals surface area contributed by atoms with E-state index in [1.54, 1.807) is 0 Å². The van der Waals surface area contributed by atoms with Crippen LogP contribution in [0.4, 0.5) is 11.6 Å². The van der Waals surface area contributed by atoms with Crippen LogP contribution in [-0.4, -0.2) is 36.1 Å². The number of benzene rings is 1. The fraction of sp³-hybridized carbons (Fsp3) is 0.385. The molecule has 1 aliphatic heterocycles. The first-order valence-electron chi connectivity index (χ1n) is 6.28. The molecule has 0 spiro atoms. The van der Waals surface area contributed by atoms with E-state index >= 15 is 0 Å². The van der Waals surface area contributed by atoms with Gasteiger partial charge in [-0.3, -0.25) is 0 Å². The maximum atomic E-state index is 4.65. The quantitative estimate of drug-likeness (QED) is 0.801. The number of anilines is 2. The molecule has 2 heterocycles. The highest BCUT2D eigenvalue weighted by molar-refractivity contribution is 5.85. The molecule has 1 aliphatic rings. The lowest BCUT2D eigenvalue weighted by Gasteiger charge is -2.15. The number of rotatable bonds is 3. The maximum absolute atomic E-state index is 4.65. The highest BCUT2D eigenvalue weighted by Crippen LogP contribution is 2.22. The third kappa shape index (κ3) is 2.88. The molecule has 3 N–H and O–H groups in total. The van der Waals surface area contributed by atoms with E-state index in [4.69, 9.17) is 0 Å². The van der Waals surface area contributed by atoms with E-state index in [1.807, 2.05) is 31.3 Å². The Morgan fingerprint density at radius 2 is 1.84 bits per heavy atom. The molecule has 6 heteroatoms. The Bertz CT molecular complexity index is 554. The molecular formula is C13H18ClN5. The Kier molecular flexibility index (Phi) is 4.39. The largest absolute Gasteiger partial charge is 0.370 e. The third-order valence-corrected chi connectivity index (χ3v) is 3.21. The van der Waals surface area contributed by atoms with Crippen LogP contribution >= 0.6 is 12.4 Å². The molecule has 0 radical (unpaired) electrons. The zero-order valence-corrected chi connectivity index (χ0v) is 11.6. The highest BCUT2D eigenvalue weighted by Gasteiger charge is 2.17. The molecule has 1 atom stereocenters. The normalized spacial score (nSPS) is 18.1. The molecule has 2 aromatic rings. The molecule has 0 aliphatic carbocycles. The Labute approximate surface area is 118 Å². The van der Waals surface area contributed by atoms with Gasteiger partial charge in [-0.25, -0.2) is 9.97 Å². The van der Waals surface area contributed by atoms with Crippen molar-refractivity contribution in [1.82, 2.24) is 15.3 Å². The highest BCUT2D eigenvalue weighted by atomic mass is 35.5. The number of hydrogen-bond acceptors (Lipinski definition) is 5. The minimum atomic E-state index is 0. The summed E-state index contributed by atoms with van der Waals surface area (Å²) in [7, 11) is 1.87. The van der Waals surface area contributed by atoms with E-state index in [1.165, 1.54) is 0 Å². The van der Waals surface area contributed by atoms with Gasteiger partial charge >= 0.3 is 0 Å². The van der Waals surface area contributed by atoms with Crippen LogP contribution in [0.15, 0.2) is 24.3 Å². The molecule has 1 saturated heterocycles. The van der Waals surface area contributed by atoms with E-state index in [0.717, 1.165) is 42.2 Å². The summed E-state index contributed by atoms with van der Waals surface area (Å²) in [4.78, 5) is 9.22. The first-order valence-corrected chi connectivity index (χ1v) is 6.28. The van der Waals surface area contributed by atoms with Crippen molar-refractivity contribution in [2.75, 3.05) is 30.8 Å². The van der Waals surface area contributed by atoms with Crippen LogP contribution in [0.1, 0.15) is 6.42 Å². The van der Waals surface area contributed by atoms with Gasteiger partial charge in [0.05, 0.1) is 11.0 Å². The average Bonchev–Trinajstić information content (AvgIpc) is 2.91. The molecular weight excluding hydrogens is 262 g/mol. The summed E-state index contributed by atoms with van der Waals surface area (Å²) in [6, 6.07) is 8.36. The predicted molar refractivity (Wildman–Crippen MR) is 81.2 cm³/mol. The first-order chi connectivity index (χ1) is 8.86. The van der Waals surface area contributed by atoms with E-state index in [0.29, 0.717) is 6.04 Å². The molecule has 5 nitrogen and oxygen atoms in total. The minimum absolute atomic E-state index is 0. The molecule has 0 saturated carbocycles. The van der Waals surface area contributed by atoms with Crippen LogP contribution in [0.5, 0.6) is 0 Å². The number of aromatic nitrogens is 2. The van der Waals surface area contributed by atoms with Crippen molar-refractivity contribution in [2.24, 2.45) is 0 Å². The van der Waals surface area contributed by atoms with Gasteiger partial charge in [0.25, 0.3) is 0 Å². The second-order valence-electron chi connectivity index (χ2n) is 4.49. The zero-order chi connectivity index (χ0) is 12.4. The SMILES string of the molecule is CNc1nc2ccccc2nc1N[C@H]1CCNC1.Cl. The number of nitrogens with one attached hydrogen (secondary N) is 3. The molecule has 3 rings (SSSR count). The van der Waals surface area contributed by atoms with Crippen molar-refractivity contribution >= 4 is 35.1 Å². The summed E-state index contributed by atoms with van der Waals surface area (Å²) >= 11 is 0. The van der Waals surface area contributed by atoms with Gasteiger partial charge in [0, 0.05) is 19.6 Å². The Morgan fingerprint density at radius 3 is 2.42 bits per heavy atom. The summed E-state index contributed by atoms with van der Waals surface area (Å²) in [5, 5.41) is 9.90. The van der Waals surface area contributed by atoms with Gasteiger partial charge in [0.1, 0.15) is 0 Å². The van der Waals surface area contributed by atoms with Crippen molar-refractivity contribution in [1.29, 1.82) is 0 Å². The van der Waals surface area contributed by atoms with Crippen molar-refractivity contribution in [3.63, 3.8) is 0 Å². The Morgan fingerprint density at radius 1 is 1.16 bits per heavy atom.